The van der Waals surface area contributed by atoms with Gasteiger partial charge in [-0.25, -0.2) is 4.79 Å². The molecular formula is C28H34N2O5S. The summed E-state index contributed by atoms with van der Waals surface area (Å²) in [6, 6.07) is 6.31. The number of aromatic nitrogens is 1. The van der Waals surface area contributed by atoms with Gasteiger partial charge in [-0.1, -0.05) is 13.0 Å². The molecule has 1 aliphatic rings. The fourth-order valence-corrected chi connectivity index (χ4v) is 6.49. The van der Waals surface area contributed by atoms with Crippen LogP contribution in [-0.4, -0.2) is 35.6 Å². The molecule has 36 heavy (non-hydrogen) atoms. The number of carbonyl (C=O) groups excluding carboxylic acids is 3. The largest absolute Gasteiger partial charge is 0.466 e. The lowest BCUT2D eigenvalue weighted by Crippen LogP contribution is -2.23. The van der Waals surface area contributed by atoms with Gasteiger partial charge in [0.1, 0.15) is 10.7 Å². The van der Waals surface area contributed by atoms with E-state index in [1.165, 1.54) is 16.9 Å². The number of esters is 2. The number of nitrogens with one attached hydrogen (secondary N) is 1. The van der Waals surface area contributed by atoms with Crippen molar-refractivity contribution in [3.63, 3.8) is 0 Å². The van der Waals surface area contributed by atoms with Crippen LogP contribution < -0.4 is 5.32 Å². The van der Waals surface area contributed by atoms with Gasteiger partial charge in [-0.05, 0) is 82.2 Å². The third-order valence-corrected chi connectivity index (χ3v) is 8.05. The number of hydrogen-bond donors (Lipinski definition) is 1. The Labute approximate surface area is 215 Å². The number of rotatable bonds is 8. The van der Waals surface area contributed by atoms with E-state index in [9.17, 15) is 14.4 Å². The number of hydrogen-bond acceptors (Lipinski definition) is 6. The Morgan fingerprint density at radius 2 is 1.86 bits per heavy atom. The van der Waals surface area contributed by atoms with Crippen LogP contribution in [0.15, 0.2) is 18.2 Å². The molecule has 1 atom stereocenters. The molecule has 2 aromatic heterocycles. The zero-order chi connectivity index (χ0) is 26.0. The number of carbonyl (C=O) groups is 3. The molecule has 0 radical (unpaired) electrons. The lowest BCUT2D eigenvalue weighted by Gasteiger charge is -2.22. The highest BCUT2D eigenvalue weighted by Gasteiger charge is 2.37. The number of benzene rings is 1. The zero-order valence-corrected chi connectivity index (χ0v) is 22.5. The molecule has 1 aliphatic carbocycles. The minimum Gasteiger partial charge on any atom is -0.466 e. The first kappa shape index (κ1) is 25.9. The summed E-state index contributed by atoms with van der Waals surface area (Å²) in [5, 5.41) is 4.51. The second-order valence-electron chi connectivity index (χ2n) is 8.94. The van der Waals surface area contributed by atoms with Crippen LogP contribution in [0.1, 0.15) is 88.9 Å². The van der Waals surface area contributed by atoms with Crippen LogP contribution in [0.4, 0.5) is 5.00 Å². The molecule has 0 spiro atoms. The maximum atomic E-state index is 13.7. The Kier molecular flexibility index (Phi) is 7.83. The molecule has 0 saturated heterocycles. The van der Waals surface area contributed by atoms with Crippen molar-refractivity contribution in [2.75, 3.05) is 18.5 Å². The van der Waals surface area contributed by atoms with E-state index in [2.05, 4.69) is 30.4 Å². The lowest BCUT2D eigenvalue weighted by atomic mass is 9.85. The van der Waals surface area contributed by atoms with Crippen LogP contribution >= 0.6 is 11.3 Å². The third kappa shape index (κ3) is 4.54. The second kappa shape index (κ2) is 10.9. The molecule has 0 saturated carbocycles. The van der Waals surface area contributed by atoms with Crippen molar-refractivity contribution in [3.8, 4) is 0 Å². The minimum atomic E-state index is -0.536. The predicted molar refractivity (Wildman–Crippen MR) is 142 cm³/mol. The highest BCUT2D eigenvalue weighted by Crippen LogP contribution is 2.45. The molecule has 192 valence electrons. The first-order valence-corrected chi connectivity index (χ1v) is 13.6. The Morgan fingerprint density at radius 1 is 1.11 bits per heavy atom. The summed E-state index contributed by atoms with van der Waals surface area (Å²) in [5.41, 5.74) is 4.64. The van der Waals surface area contributed by atoms with Crippen LogP contribution in [0.5, 0.6) is 0 Å². The predicted octanol–water partition coefficient (Wildman–Crippen LogP) is 6.01. The zero-order valence-electron chi connectivity index (χ0n) is 21.7. The molecule has 1 unspecified atom stereocenters. The van der Waals surface area contributed by atoms with Gasteiger partial charge in [0, 0.05) is 22.3 Å². The topological polar surface area (TPSA) is 86.6 Å². The van der Waals surface area contributed by atoms with Gasteiger partial charge in [-0.3, -0.25) is 9.59 Å². The Bertz CT molecular complexity index is 1320. The lowest BCUT2D eigenvalue weighted by molar-refractivity contribution is -0.145. The van der Waals surface area contributed by atoms with E-state index < -0.39 is 11.9 Å². The van der Waals surface area contributed by atoms with Crippen LogP contribution in [-0.2, 0) is 33.7 Å². The maximum Gasteiger partial charge on any atom is 0.341 e. The van der Waals surface area contributed by atoms with Gasteiger partial charge >= 0.3 is 11.9 Å². The van der Waals surface area contributed by atoms with Crippen molar-refractivity contribution in [2.24, 2.45) is 0 Å². The van der Waals surface area contributed by atoms with Crippen molar-refractivity contribution in [1.82, 2.24) is 4.57 Å². The van der Waals surface area contributed by atoms with Crippen molar-refractivity contribution in [3.05, 3.63) is 51.0 Å². The average Bonchev–Trinajstić information content (AvgIpc) is 3.38. The van der Waals surface area contributed by atoms with Gasteiger partial charge in [-0.15, -0.1) is 11.3 Å². The summed E-state index contributed by atoms with van der Waals surface area (Å²) < 4.78 is 12.7. The Morgan fingerprint density at radius 3 is 2.53 bits per heavy atom. The fourth-order valence-electron chi connectivity index (χ4n) is 5.20. The Balaban J connectivity index is 1.80. The van der Waals surface area contributed by atoms with E-state index in [0.717, 1.165) is 40.6 Å². The van der Waals surface area contributed by atoms with Gasteiger partial charge in [0.25, 0.3) is 5.91 Å². The first-order valence-electron chi connectivity index (χ1n) is 12.8. The van der Waals surface area contributed by atoms with Crippen molar-refractivity contribution >= 4 is 45.1 Å². The molecule has 1 N–H and O–H groups in total. The molecular weight excluding hydrogens is 476 g/mol. The molecule has 1 amide bonds. The summed E-state index contributed by atoms with van der Waals surface area (Å²) in [4.78, 5) is 40.5. The SMILES string of the molecule is CCOC(=O)c1c(NC(=O)c2c(C)c3cc(CC)ccc3n2CC)sc2c1C(C(=O)OCC)CCC2. The van der Waals surface area contributed by atoms with Gasteiger partial charge in [-0.2, -0.15) is 0 Å². The number of fused-ring (bicyclic) bond motifs is 2. The van der Waals surface area contributed by atoms with Crippen LogP contribution in [0.2, 0.25) is 0 Å². The minimum absolute atomic E-state index is 0.198. The number of ether oxygens (including phenoxy) is 2. The van der Waals surface area contributed by atoms with E-state index in [0.29, 0.717) is 29.2 Å². The molecule has 4 rings (SSSR count). The van der Waals surface area contributed by atoms with Crippen molar-refractivity contribution < 1.29 is 23.9 Å². The molecule has 2 heterocycles. The van der Waals surface area contributed by atoms with Crippen LogP contribution in [0, 0.1) is 6.92 Å². The number of amides is 1. The van der Waals surface area contributed by atoms with Gasteiger partial charge < -0.3 is 19.4 Å². The number of nitrogens with zero attached hydrogens (tertiary/aromatic N) is 1. The van der Waals surface area contributed by atoms with Crippen LogP contribution in [0.25, 0.3) is 10.9 Å². The molecule has 0 fully saturated rings. The average molecular weight is 511 g/mol. The smallest absolute Gasteiger partial charge is 0.341 e. The summed E-state index contributed by atoms with van der Waals surface area (Å²) in [5.74, 6) is -1.68. The molecule has 1 aromatic carbocycles. The van der Waals surface area contributed by atoms with Gasteiger partial charge in [0.15, 0.2) is 0 Å². The third-order valence-electron chi connectivity index (χ3n) is 6.87. The van der Waals surface area contributed by atoms with Gasteiger partial charge in [0.2, 0.25) is 0 Å². The molecule has 8 heteroatoms. The first-order chi connectivity index (χ1) is 17.4. The second-order valence-corrected chi connectivity index (χ2v) is 10.0. The summed E-state index contributed by atoms with van der Waals surface area (Å²) >= 11 is 1.36. The summed E-state index contributed by atoms with van der Waals surface area (Å²) in [6.07, 6.45) is 3.08. The fraction of sp³-hybridized carbons (Fsp3) is 0.464. The van der Waals surface area contributed by atoms with E-state index in [1.54, 1.807) is 13.8 Å². The highest BCUT2D eigenvalue weighted by molar-refractivity contribution is 7.17. The molecule has 7 nitrogen and oxygen atoms in total. The quantitative estimate of drug-likeness (QED) is 0.375. The van der Waals surface area contributed by atoms with Crippen LogP contribution in [0.3, 0.4) is 0 Å². The van der Waals surface area contributed by atoms with E-state index in [-0.39, 0.29) is 30.7 Å². The summed E-state index contributed by atoms with van der Waals surface area (Å²) in [6.45, 7) is 10.7. The van der Waals surface area contributed by atoms with Crippen molar-refractivity contribution in [2.45, 2.75) is 72.8 Å². The number of aryl methyl sites for hydroxylation is 4. The normalized spacial score (nSPS) is 15.0. The van der Waals surface area contributed by atoms with E-state index >= 15 is 0 Å². The highest BCUT2D eigenvalue weighted by atomic mass is 32.1. The molecule has 0 bridgehead atoms. The number of anilines is 1. The molecule has 3 aromatic rings. The standard InChI is InChI=1S/C28H34N2O5S/c1-6-17-13-14-20-19(15-17)16(5)24(30(20)7-2)25(31)29-26-23(28(33)35-9-4)22-18(27(32)34-8-3)11-10-12-21(22)36-26/h13-15,18H,6-12H2,1-5H3,(H,29,31). The van der Waals surface area contributed by atoms with Gasteiger partial charge in [0.05, 0.1) is 24.7 Å². The number of thiophene rings is 1. The Hall–Kier alpha value is -3.13. The van der Waals surface area contributed by atoms with E-state index in [1.807, 2.05) is 18.4 Å². The summed E-state index contributed by atoms with van der Waals surface area (Å²) in [7, 11) is 0. The maximum absolute atomic E-state index is 13.7. The monoisotopic (exact) mass is 510 g/mol. The molecule has 0 aliphatic heterocycles. The van der Waals surface area contributed by atoms with E-state index in [4.69, 9.17) is 9.47 Å². The van der Waals surface area contributed by atoms with Crippen molar-refractivity contribution in [1.29, 1.82) is 0 Å².